The molecule has 0 aromatic heterocycles. The van der Waals surface area contributed by atoms with E-state index < -0.39 is 0 Å². The fraction of sp³-hybridized carbons (Fsp3) is 0.929. The molecule has 3 aliphatic heterocycles. The Morgan fingerprint density at radius 3 is 2.16 bits per heavy atom. The first-order valence-electron chi connectivity index (χ1n) is 7.47. The van der Waals surface area contributed by atoms with Crippen LogP contribution in [0, 0.1) is 0 Å². The minimum absolute atomic E-state index is 0.273. The maximum atomic E-state index is 12.7. The third kappa shape index (κ3) is 2.46. The van der Waals surface area contributed by atoms with Gasteiger partial charge in [-0.25, -0.2) is 4.79 Å². The van der Waals surface area contributed by atoms with Crippen LogP contribution in [0.5, 0.6) is 0 Å². The van der Waals surface area contributed by atoms with Gasteiger partial charge in [-0.15, -0.1) is 0 Å². The zero-order valence-electron chi connectivity index (χ0n) is 12.0. The lowest BCUT2D eigenvalue weighted by atomic mass is 10.00. The van der Waals surface area contributed by atoms with E-state index in [0.717, 1.165) is 51.9 Å². The van der Waals surface area contributed by atoms with Crippen LogP contribution in [0.2, 0.25) is 0 Å². The summed E-state index contributed by atoms with van der Waals surface area (Å²) in [5.41, 5.74) is 0. The Morgan fingerprint density at radius 1 is 1.05 bits per heavy atom. The van der Waals surface area contributed by atoms with Crippen molar-refractivity contribution in [1.29, 1.82) is 0 Å². The van der Waals surface area contributed by atoms with Gasteiger partial charge in [-0.05, 0) is 32.7 Å². The van der Waals surface area contributed by atoms with Gasteiger partial charge in [0.15, 0.2) is 0 Å². The minimum Gasteiger partial charge on any atom is -0.381 e. The van der Waals surface area contributed by atoms with E-state index in [1.54, 1.807) is 7.11 Å². The van der Waals surface area contributed by atoms with Crippen LogP contribution >= 0.6 is 0 Å². The molecule has 3 aliphatic rings. The molecule has 5 heteroatoms. The number of hydrogen-bond acceptors (Lipinski definition) is 3. The molecule has 3 heterocycles. The van der Waals surface area contributed by atoms with Crippen molar-refractivity contribution in [1.82, 2.24) is 14.7 Å². The number of carbonyl (C=O) groups is 1. The molecule has 2 unspecified atom stereocenters. The Balaban J connectivity index is 1.65. The smallest absolute Gasteiger partial charge is 0.320 e. The normalized spacial score (nSPS) is 35.8. The molecule has 0 radical (unpaired) electrons. The zero-order chi connectivity index (χ0) is 13.4. The fourth-order valence-corrected chi connectivity index (χ4v) is 3.79. The third-order valence-corrected chi connectivity index (χ3v) is 5.02. The highest BCUT2D eigenvalue weighted by molar-refractivity contribution is 5.76. The van der Waals surface area contributed by atoms with E-state index >= 15 is 0 Å². The SMILES string of the molecule is COC1CC2CCC(C1)N2C(=O)N1CCN(C)CC1. The van der Waals surface area contributed by atoms with Crippen LogP contribution in [0.15, 0.2) is 0 Å². The molecule has 19 heavy (non-hydrogen) atoms. The van der Waals surface area contributed by atoms with Gasteiger partial charge in [0.1, 0.15) is 0 Å². The highest BCUT2D eigenvalue weighted by Crippen LogP contribution is 2.37. The molecule has 5 nitrogen and oxygen atoms in total. The molecule has 0 saturated carbocycles. The Labute approximate surface area is 115 Å². The summed E-state index contributed by atoms with van der Waals surface area (Å²) in [4.78, 5) is 19.2. The Kier molecular flexibility index (Phi) is 3.67. The lowest BCUT2D eigenvalue weighted by Crippen LogP contribution is -2.57. The summed E-state index contributed by atoms with van der Waals surface area (Å²) in [6.07, 6.45) is 4.71. The number of likely N-dealkylation sites (N-methyl/N-ethyl adjacent to an activating group) is 1. The van der Waals surface area contributed by atoms with Crippen LogP contribution in [0.1, 0.15) is 25.7 Å². The van der Waals surface area contributed by atoms with E-state index in [1.165, 1.54) is 0 Å². The van der Waals surface area contributed by atoms with Crippen LogP contribution in [-0.4, -0.2) is 79.3 Å². The number of piperazine rings is 1. The first-order chi connectivity index (χ1) is 9.19. The van der Waals surface area contributed by atoms with Crippen molar-refractivity contribution < 1.29 is 9.53 Å². The molecule has 0 spiro atoms. The van der Waals surface area contributed by atoms with Crippen molar-refractivity contribution >= 4 is 6.03 Å². The minimum atomic E-state index is 0.273. The molecule has 2 amide bonds. The van der Waals surface area contributed by atoms with Gasteiger partial charge in [-0.3, -0.25) is 0 Å². The van der Waals surface area contributed by atoms with Crippen LogP contribution in [0.4, 0.5) is 4.79 Å². The first kappa shape index (κ1) is 13.2. The number of carbonyl (C=O) groups excluding carboxylic acids is 1. The number of piperidine rings is 1. The number of nitrogens with zero attached hydrogens (tertiary/aromatic N) is 3. The Bertz CT molecular complexity index is 328. The number of amides is 2. The standard InChI is InChI=1S/C14H25N3O2/c1-15-5-7-16(8-6-15)14(18)17-11-3-4-12(17)10-13(9-11)19-2/h11-13H,3-10H2,1-2H3. The molecule has 2 atom stereocenters. The van der Waals surface area contributed by atoms with E-state index in [9.17, 15) is 4.79 Å². The zero-order valence-corrected chi connectivity index (χ0v) is 12.0. The number of urea groups is 1. The highest BCUT2D eigenvalue weighted by Gasteiger charge is 2.44. The van der Waals surface area contributed by atoms with Gasteiger partial charge < -0.3 is 19.4 Å². The fourth-order valence-electron chi connectivity index (χ4n) is 3.79. The number of hydrogen-bond donors (Lipinski definition) is 0. The van der Waals surface area contributed by atoms with E-state index in [0.29, 0.717) is 18.2 Å². The predicted octanol–water partition coefficient (Wildman–Crippen LogP) is 0.996. The molecule has 0 aromatic carbocycles. The molecule has 0 N–H and O–H groups in total. The number of fused-ring (bicyclic) bond motifs is 2. The quantitative estimate of drug-likeness (QED) is 0.711. The van der Waals surface area contributed by atoms with E-state index in [-0.39, 0.29) is 6.03 Å². The van der Waals surface area contributed by atoms with Crippen LogP contribution in [0.3, 0.4) is 0 Å². The van der Waals surface area contributed by atoms with Gasteiger partial charge in [0.05, 0.1) is 6.10 Å². The second kappa shape index (κ2) is 5.29. The molecular weight excluding hydrogens is 242 g/mol. The molecule has 3 fully saturated rings. The van der Waals surface area contributed by atoms with Gasteiger partial charge in [-0.2, -0.15) is 0 Å². The predicted molar refractivity (Wildman–Crippen MR) is 73.1 cm³/mol. The molecule has 3 saturated heterocycles. The van der Waals surface area contributed by atoms with E-state index in [1.807, 2.05) is 4.90 Å². The summed E-state index contributed by atoms with van der Waals surface area (Å²) in [6, 6.07) is 1.10. The number of rotatable bonds is 1. The Hall–Kier alpha value is -0.810. The lowest BCUT2D eigenvalue weighted by molar-refractivity contribution is 0.0116. The number of ether oxygens (including phenoxy) is 1. The van der Waals surface area contributed by atoms with Gasteiger partial charge >= 0.3 is 6.03 Å². The van der Waals surface area contributed by atoms with Crippen molar-refractivity contribution in [2.75, 3.05) is 40.3 Å². The van der Waals surface area contributed by atoms with Crippen LogP contribution < -0.4 is 0 Å². The third-order valence-electron chi connectivity index (χ3n) is 5.02. The van der Waals surface area contributed by atoms with E-state index in [2.05, 4.69) is 16.8 Å². The highest BCUT2D eigenvalue weighted by atomic mass is 16.5. The molecule has 3 rings (SSSR count). The summed E-state index contributed by atoms with van der Waals surface area (Å²) in [6.45, 7) is 3.74. The monoisotopic (exact) mass is 267 g/mol. The van der Waals surface area contributed by atoms with Crippen molar-refractivity contribution in [2.45, 2.75) is 43.9 Å². The maximum Gasteiger partial charge on any atom is 0.320 e. The molecule has 108 valence electrons. The molecular formula is C14H25N3O2. The Morgan fingerprint density at radius 2 is 1.63 bits per heavy atom. The second-order valence-corrected chi connectivity index (χ2v) is 6.19. The van der Waals surface area contributed by atoms with Gasteiger partial charge in [0.25, 0.3) is 0 Å². The summed E-state index contributed by atoms with van der Waals surface area (Å²) < 4.78 is 5.50. The topological polar surface area (TPSA) is 36.0 Å². The van der Waals surface area contributed by atoms with Gasteiger partial charge in [0.2, 0.25) is 0 Å². The average Bonchev–Trinajstić information content (AvgIpc) is 2.69. The van der Waals surface area contributed by atoms with Crippen LogP contribution in [0.25, 0.3) is 0 Å². The first-order valence-corrected chi connectivity index (χ1v) is 7.47. The summed E-state index contributed by atoms with van der Waals surface area (Å²) in [5.74, 6) is 0. The maximum absolute atomic E-state index is 12.7. The summed E-state index contributed by atoms with van der Waals surface area (Å²) >= 11 is 0. The summed E-state index contributed by atoms with van der Waals surface area (Å²) in [7, 11) is 3.91. The molecule has 0 aliphatic carbocycles. The van der Waals surface area contributed by atoms with Crippen LogP contribution in [-0.2, 0) is 4.74 Å². The van der Waals surface area contributed by atoms with Crippen molar-refractivity contribution in [3.63, 3.8) is 0 Å². The second-order valence-electron chi connectivity index (χ2n) is 6.19. The van der Waals surface area contributed by atoms with Gasteiger partial charge in [-0.1, -0.05) is 0 Å². The van der Waals surface area contributed by atoms with E-state index in [4.69, 9.17) is 4.74 Å². The van der Waals surface area contributed by atoms with Crippen molar-refractivity contribution in [3.05, 3.63) is 0 Å². The van der Waals surface area contributed by atoms with Crippen molar-refractivity contribution in [2.24, 2.45) is 0 Å². The van der Waals surface area contributed by atoms with Crippen molar-refractivity contribution in [3.8, 4) is 0 Å². The van der Waals surface area contributed by atoms with Gasteiger partial charge in [0, 0.05) is 45.4 Å². The average molecular weight is 267 g/mol. The molecule has 2 bridgehead atoms. The molecule has 0 aromatic rings. The number of methoxy groups -OCH3 is 1. The largest absolute Gasteiger partial charge is 0.381 e. The lowest BCUT2D eigenvalue weighted by Gasteiger charge is -2.42. The summed E-state index contributed by atoms with van der Waals surface area (Å²) in [5, 5.41) is 0.